The van der Waals surface area contributed by atoms with Gasteiger partial charge in [0.2, 0.25) is 0 Å². The summed E-state index contributed by atoms with van der Waals surface area (Å²) in [5.74, 6) is -2.83. The Bertz CT molecular complexity index is 1380. The van der Waals surface area contributed by atoms with Crippen LogP contribution in [0.3, 0.4) is 0 Å². The van der Waals surface area contributed by atoms with Crippen LogP contribution >= 0.6 is 0 Å². The van der Waals surface area contributed by atoms with Crippen LogP contribution in [0.15, 0.2) is 64.9 Å². The number of carbonyl (C=O) groups is 3. The third-order valence-corrected chi connectivity index (χ3v) is 7.69. The summed E-state index contributed by atoms with van der Waals surface area (Å²) >= 11 is 0. The molecule has 0 aliphatic carbocycles. The summed E-state index contributed by atoms with van der Waals surface area (Å²) in [6.45, 7) is 1.89. The molecule has 0 unspecified atom stereocenters. The van der Waals surface area contributed by atoms with Gasteiger partial charge in [0.25, 0.3) is 5.91 Å². The van der Waals surface area contributed by atoms with Gasteiger partial charge < -0.3 is 26.0 Å². The minimum atomic E-state index is -4.34. The van der Waals surface area contributed by atoms with E-state index in [1.54, 1.807) is 19.1 Å². The van der Waals surface area contributed by atoms with Crippen LogP contribution in [0.5, 0.6) is 5.75 Å². The first-order valence-electron chi connectivity index (χ1n) is 10.7. The zero-order chi connectivity index (χ0) is 25.1. The number of carboxylic acids is 1. The first kappa shape index (κ1) is 26.0. The van der Waals surface area contributed by atoms with Crippen LogP contribution in [0.25, 0.3) is 0 Å². The first-order valence-corrected chi connectivity index (χ1v) is 12.1. The Hall–Kier alpha value is -3.06. The van der Waals surface area contributed by atoms with Gasteiger partial charge in [-0.05, 0) is 43.3 Å². The van der Waals surface area contributed by atoms with E-state index in [9.17, 15) is 33.0 Å². The summed E-state index contributed by atoms with van der Waals surface area (Å²) in [6, 6.07) is 9.67. The number of benzene rings is 2. The number of aromatic hydroxyl groups is 1. The van der Waals surface area contributed by atoms with Gasteiger partial charge in [-0.3, -0.25) is 9.69 Å². The molecule has 2 aromatic rings. The molecule has 0 saturated carbocycles. The number of β-lactam (4-membered cyclic amide) rings is 1. The van der Waals surface area contributed by atoms with Crippen LogP contribution in [0.2, 0.25) is 0 Å². The summed E-state index contributed by atoms with van der Waals surface area (Å²) < 4.78 is 30.9. The molecule has 13 heteroatoms. The number of amides is 3. The second kappa shape index (κ2) is 9.43. The molecule has 0 bridgehead atoms. The number of urea groups is 1. The summed E-state index contributed by atoms with van der Waals surface area (Å²) in [5, 5.41) is 21.9. The fourth-order valence-corrected chi connectivity index (χ4v) is 5.78. The van der Waals surface area contributed by atoms with Crippen LogP contribution in [-0.4, -0.2) is 65.0 Å². The maximum atomic E-state index is 13.0. The monoisotopic (exact) mass is 523 g/mol. The van der Waals surface area contributed by atoms with E-state index >= 15 is 0 Å². The largest absolute Gasteiger partial charge is 1.00 e. The number of allylic oxidation sites excluding steroid dienone is 1. The minimum Gasteiger partial charge on any atom is -1.00 e. The molecule has 184 valence electrons. The normalized spacial score (nSPS) is 22.4. The second-order valence-corrected chi connectivity index (χ2v) is 10.2. The van der Waals surface area contributed by atoms with Gasteiger partial charge in [0.15, 0.2) is 11.5 Å². The molecule has 2 fully saturated rings. The maximum Gasteiger partial charge on any atom is 1.00 e. The Balaban J connectivity index is 0.00000190. The quantitative estimate of drug-likeness (QED) is 0.195. The first-order chi connectivity index (χ1) is 16.6. The molecule has 3 amide bonds. The number of aliphatic carboxylic acids is 1. The van der Waals surface area contributed by atoms with Crippen molar-refractivity contribution in [2.24, 2.45) is 5.92 Å². The number of rotatable bonds is 5. The van der Waals surface area contributed by atoms with Crippen LogP contribution < -0.4 is 34.9 Å². The zero-order valence-corrected chi connectivity index (χ0v) is 22.2. The molecule has 5 rings (SSSR count). The number of phenols is 1. The molecule has 2 aromatic carbocycles. The number of likely N-dealkylation sites (tertiary alicyclic amines) is 1. The molecule has 3 aliphatic heterocycles. The van der Waals surface area contributed by atoms with Crippen LogP contribution in [0, 0.1) is 12.8 Å². The fourth-order valence-electron chi connectivity index (χ4n) is 4.80. The molecule has 2 saturated heterocycles. The Morgan fingerprint density at radius 1 is 1.11 bits per heavy atom. The van der Waals surface area contributed by atoms with Gasteiger partial charge in [-0.15, -0.1) is 0 Å². The van der Waals surface area contributed by atoms with Crippen LogP contribution in [0.1, 0.15) is 13.4 Å². The van der Waals surface area contributed by atoms with Crippen molar-refractivity contribution in [1.82, 2.24) is 9.80 Å². The number of phenolic OH excluding ortho intramolecular Hbond substituents is 1. The summed E-state index contributed by atoms with van der Waals surface area (Å²) in [5.41, 5.74) is 0.719. The van der Waals surface area contributed by atoms with Gasteiger partial charge in [0.1, 0.15) is 16.7 Å². The number of aryl methyl sites for hydroxylation is 1. The second-order valence-electron chi connectivity index (χ2n) is 8.66. The minimum absolute atomic E-state index is 0. The van der Waals surface area contributed by atoms with Crippen molar-refractivity contribution in [3.05, 3.63) is 65.6 Å². The average Bonchev–Trinajstić information content (AvgIpc) is 3.16. The van der Waals surface area contributed by atoms with Crippen molar-refractivity contribution >= 4 is 33.7 Å². The van der Waals surface area contributed by atoms with E-state index in [0.29, 0.717) is 5.69 Å². The predicted molar refractivity (Wildman–Crippen MR) is 122 cm³/mol. The molecule has 36 heavy (non-hydrogen) atoms. The summed E-state index contributed by atoms with van der Waals surface area (Å²) in [7, 11) is -4.34. The zero-order valence-electron chi connectivity index (χ0n) is 20.4. The SMILES string of the molecule is Cc1ccc(S(=O)(=O)OC2=C(C(=O)O)N3C(=O)[C@@H]4[C@H]3[C@H](C2)CN4C(=O)Nc2ccc(O)cc2)cc1.[H-].[Na+]. The van der Waals surface area contributed by atoms with Gasteiger partial charge in [0, 0.05) is 24.6 Å². The Labute approximate surface area is 230 Å². The molecule has 0 radical (unpaired) electrons. The molecule has 11 nitrogen and oxygen atoms in total. The van der Waals surface area contributed by atoms with Crippen molar-refractivity contribution in [3.63, 3.8) is 0 Å². The van der Waals surface area contributed by atoms with Crippen molar-refractivity contribution in [1.29, 1.82) is 0 Å². The van der Waals surface area contributed by atoms with E-state index < -0.39 is 51.7 Å². The maximum absolute atomic E-state index is 13.0. The van der Waals surface area contributed by atoms with E-state index in [1.165, 1.54) is 41.3 Å². The Kier molecular flexibility index (Phi) is 6.82. The topological polar surface area (TPSA) is 154 Å². The number of nitrogens with zero attached hydrogens (tertiary/aromatic N) is 2. The van der Waals surface area contributed by atoms with E-state index in [0.717, 1.165) is 10.5 Å². The third-order valence-electron chi connectivity index (χ3n) is 6.42. The number of hydrogen-bond acceptors (Lipinski definition) is 7. The van der Waals surface area contributed by atoms with Gasteiger partial charge in [-0.1, -0.05) is 17.7 Å². The smallest absolute Gasteiger partial charge is 1.00 e. The molecule has 3 N–H and O–H groups in total. The number of anilines is 1. The Morgan fingerprint density at radius 2 is 1.75 bits per heavy atom. The van der Waals surface area contributed by atoms with Gasteiger partial charge in [-0.25, -0.2) is 9.59 Å². The molecule has 0 spiro atoms. The van der Waals surface area contributed by atoms with Gasteiger partial charge in [-0.2, -0.15) is 8.42 Å². The van der Waals surface area contributed by atoms with Crippen molar-refractivity contribution in [2.75, 3.05) is 11.9 Å². The number of nitrogens with one attached hydrogen (secondary N) is 1. The Morgan fingerprint density at radius 3 is 2.36 bits per heavy atom. The van der Waals surface area contributed by atoms with Crippen molar-refractivity contribution in [2.45, 2.75) is 30.3 Å². The van der Waals surface area contributed by atoms with Gasteiger partial charge in [0.05, 0.1) is 6.04 Å². The third kappa shape index (κ3) is 4.34. The number of carbonyl (C=O) groups excluding carboxylic acids is 2. The van der Waals surface area contributed by atoms with E-state index in [2.05, 4.69) is 5.32 Å². The van der Waals surface area contributed by atoms with Crippen LogP contribution in [0.4, 0.5) is 10.5 Å². The molecule has 3 aliphatic rings. The fraction of sp³-hybridized carbons (Fsp3) is 0.261. The van der Waals surface area contributed by atoms with E-state index in [4.69, 9.17) is 4.18 Å². The number of carboxylic acid groups (broad SMARTS) is 1. The van der Waals surface area contributed by atoms with E-state index in [-0.39, 0.29) is 60.4 Å². The van der Waals surface area contributed by atoms with Crippen molar-refractivity contribution in [3.8, 4) is 5.75 Å². The molecule has 0 aromatic heterocycles. The summed E-state index contributed by atoms with van der Waals surface area (Å²) in [6.07, 6.45) is -0.0688. The van der Waals surface area contributed by atoms with E-state index in [1.807, 2.05) is 0 Å². The molecular weight excluding hydrogens is 501 g/mol. The van der Waals surface area contributed by atoms with Gasteiger partial charge >= 0.3 is 51.7 Å². The van der Waals surface area contributed by atoms with Crippen molar-refractivity contribution < 1.29 is 68.2 Å². The standard InChI is InChI=1S/C23H21N3O8S.Na.H/c1-12-2-8-16(9-3-12)35(32,33)34-17-10-13-11-25(23(31)24-14-4-6-15(27)7-5-14)20-18(13)26(21(20)28)19(17)22(29)30;;/h2-9,13,18,20,27H,10-11H2,1H3,(H,24,31)(H,29,30);;/q;+1;-1/t13-,18-,20+;;/m1../s1. The average molecular weight is 523 g/mol. The predicted octanol–water partition coefficient (Wildman–Crippen LogP) is -1.03. The molecule has 3 atom stereocenters. The molecular formula is C23H22N3NaO8S. The number of hydrogen-bond donors (Lipinski definition) is 3. The summed E-state index contributed by atoms with van der Waals surface area (Å²) in [4.78, 5) is 40.1. The van der Waals surface area contributed by atoms with Crippen LogP contribution in [-0.2, 0) is 23.9 Å². The molecule has 3 heterocycles.